The lowest BCUT2D eigenvalue weighted by molar-refractivity contribution is 0.167. The molecule has 0 fully saturated rings. The summed E-state index contributed by atoms with van der Waals surface area (Å²) in [5.41, 5.74) is 0. The van der Waals surface area contributed by atoms with Gasteiger partial charge in [-0.25, -0.2) is 4.57 Å². The molecule has 2 aliphatic carbocycles. The smallest absolute Gasteiger partial charge is 0.395 e. The molecule has 0 amide bonds. The highest BCUT2D eigenvalue weighted by Gasteiger charge is 2.37. The molecule has 3 aromatic carbocycles. The number of para-hydroxylation sites is 3. The summed E-state index contributed by atoms with van der Waals surface area (Å²) in [7, 11) is -8.35. The summed E-state index contributed by atoms with van der Waals surface area (Å²) in [6.07, 6.45) is 11.3. The van der Waals surface area contributed by atoms with Crippen LogP contribution in [0.2, 0.25) is 0 Å². The highest BCUT2D eigenvalue weighted by atomic mass is 31.2. The fraction of sp³-hybridized carbons (Fsp3) is 0.133. The number of benzene rings is 3. The van der Waals surface area contributed by atoms with Crippen LogP contribution in [0.15, 0.2) is 139 Å². The molecule has 40 heavy (non-hydrogen) atoms. The maximum absolute atomic E-state index is 13.8. The van der Waals surface area contributed by atoms with Crippen LogP contribution in [-0.2, 0) is 22.7 Å². The number of hydrogen-bond donors (Lipinski definition) is 0. The minimum absolute atomic E-state index is 0.161. The van der Waals surface area contributed by atoms with Crippen LogP contribution >= 0.6 is 15.6 Å². The first-order valence-electron chi connectivity index (χ1n) is 12.7. The molecule has 10 heteroatoms. The molecule has 0 saturated heterocycles. The minimum atomic E-state index is -4.18. The van der Waals surface area contributed by atoms with Crippen LogP contribution in [0.25, 0.3) is 0 Å². The van der Waals surface area contributed by atoms with E-state index >= 15 is 0 Å². The quantitative estimate of drug-likeness (QED) is 0.197. The molecule has 0 spiro atoms. The van der Waals surface area contributed by atoms with E-state index in [9.17, 15) is 9.13 Å². The summed E-state index contributed by atoms with van der Waals surface area (Å²) < 4.78 is 62.4. The maximum Gasteiger partial charge on any atom is 0.646 e. The number of allylic oxidation sites excluding steroid dienone is 5. The Morgan fingerprint density at radius 1 is 0.625 bits per heavy atom. The normalized spacial score (nSPS) is 18.1. The zero-order valence-electron chi connectivity index (χ0n) is 21.5. The molecular weight excluding hydrogens is 550 g/mol. The molecule has 0 bridgehead atoms. The van der Waals surface area contributed by atoms with E-state index in [1.807, 2.05) is 30.4 Å². The summed E-state index contributed by atoms with van der Waals surface area (Å²) >= 11 is 0. The topological polar surface area (TPSA) is 89.5 Å². The average molecular weight is 578 g/mol. The maximum atomic E-state index is 13.8. The van der Waals surface area contributed by atoms with E-state index in [0.717, 1.165) is 6.42 Å². The third kappa shape index (κ3) is 8.03. The van der Waals surface area contributed by atoms with Crippen LogP contribution in [-0.4, -0.2) is 6.10 Å². The second kappa shape index (κ2) is 12.9. The Hall–Kier alpha value is -3.96. The number of phosphoric acid groups is 2. The Labute approximate surface area is 233 Å². The van der Waals surface area contributed by atoms with Crippen LogP contribution < -0.4 is 13.6 Å². The van der Waals surface area contributed by atoms with E-state index in [1.165, 1.54) is 6.08 Å². The number of phosphoric ester groups is 2. The largest absolute Gasteiger partial charge is 0.646 e. The molecule has 0 aromatic heterocycles. The van der Waals surface area contributed by atoms with Crippen LogP contribution in [0.1, 0.15) is 19.3 Å². The molecule has 2 aliphatic rings. The second-order valence-electron chi connectivity index (χ2n) is 8.74. The van der Waals surface area contributed by atoms with Crippen molar-refractivity contribution in [2.45, 2.75) is 25.4 Å². The highest BCUT2D eigenvalue weighted by molar-refractivity contribution is 7.49. The van der Waals surface area contributed by atoms with E-state index in [1.54, 1.807) is 91.0 Å². The van der Waals surface area contributed by atoms with Gasteiger partial charge >= 0.3 is 15.6 Å². The molecule has 2 atom stereocenters. The van der Waals surface area contributed by atoms with Crippen LogP contribution in [0.5, 0.6) is 17.2 Å². The van der Waals surface area contributed by atoms with Gasteiger partial charge in [0.15, 0.2) is 0 Å². The van der Waals surface area contributed by atoms with Crippen LogP contribution in [0.3, 0.4) is 0 Å². The van der Waals surface area contributed by atoms with Crippen molar-refractivity contribution in [3.8, 4) is 17.2 Å². The first-order chi connectivity index (χ1) is 19.5. The molecule has 206 valence electrons. The van der Waals surface area contributed by atoms with Crippen molar-refractivity contribution in [1.82, 2.24) is 0 Å². The summed E-state index contributed by atoms with van der Waals surface area (Å²) in [6.45, 7) is 0. The lowest BCUT2D eigenvalue weighted by Crippen LogP contribution is -2.16. The molecule has 3 aromatic rings. The fourth-order valence-corrected chi connectivity index (χ4v) is 6.48. The van der Waals surface area contributed by atoms with Gasteiger partial charge in [-0.05, 0) is 67.5 Å². The monoisotopic (exact) mass is 578 g/mol. The third-order valence-corrected chi connectivity index (χ3v) is 8.29. The van der Waals surface area contributed by atoms with Gasteiger partial charge in [-0.2, -0.15) is 4.57 Å². The van der Waals surface area contributed by atoms with Crippen LogP contribution in [0.4, 0.5) is 0 Å². The second-order valence-corrected chi connectivity index (χ2v) is 11.7. The molecule has 0 radical (unpaired) electrons. The molecule has 0 N–H and O–H groups in total. The van der Waals surface area contributed by atoms with Crippen molar-refractivity contribution in [2.24, 2.45) is 0 Å². The van der Waals surface area contributed by atoms with Gasteiger partial charge in [0.2, 0.25) is 0 Å². The highest BCUT2D eigenvalue weighted by Crippen LogP contribution is 2.55. The Kier molecular flexibility index (Phi) is 8.92. The predicted octanol–water partition coefficient (Wildman–Crippen LogP) is 8.94. The zero-order valence-corrected chi connectivity index (χ0v) is 23.3. The van der Waals surface area contributed by atoms with Crippen LogP contribution in [0, 0.1) is 0 Å². The van der Waals surface area contributed by atoms with Gasteiger partial charge < -0.3 is 22.6 Å². The Balaban J connectivity index is 1.36. The third-order valence-electron chi connectivity index (χ3n) is 5.57. The lowest BCUT2D eigenvalue weighted by Gasteiger charge is -2.25. The van der Waals surface area contributed by atoms with E-state index < -0.39 is 21.7 Å². The number of hydrogen-bond acceptors (Lipinski definition) is 8. The van der Waals surface area contributed by atoms with E-state index in [4.69, 9.17) is 27.1 Å². The first kappa shape index (κ1) is 27.6. The summed E-state index contributed by atoms with van der Waals surface area (Å²) in [4.78, 5) is 0. The van der Waals surface area contributed by atoms with E-state index in [2.05, 4.69) is 0 Å². The Bertz CT molecular complexity index is 1440. The zero-order chi connectivity index (χ0) is 27.7. The van der Waals surface area contributed by atoms with E-state index in [-0.39, 0.29) is 5.76 Å². The fourth-order valence-electron chi connectivity index (χ4n) is 3.80. The lowest BCUT2D eigenvalue weighted by atomic mass is 10.1. The van der Waals surface area contributed by atoms with Crippen molar-refractivity contribution in [1.29, 1.82) is 0 Å². The van der Waals surface area contributed by atoms with Crippen molar-refractivity contribution in [2.75, 3.05) is 0 Å². The SMILES string of the molecule is O=P(OC1=CC(OP(=O)(Oc2ccccc2)Oc2ccccc2)CC=C1)(OC1=CC=CCC1)Oc1ccccc1. The van der Waals surface area contributed by atoms with E-state index in [0.29, 0.717) is 35.8 Å². The Morgan fingerprint density at radius 3 is 1.70 bits per heavy atom. The van der Waals surface area contributed by atoms with Gasteiger partial charge in [-0.1, -0.05) is 72.8 Å². The molecule has 5 rings (SSSR count). The van der Waals surface area contributed by atoms with Gasteiger partial charge in [-0.3, -0.25) is 4.52 Å². The summed E-state index contributed by atoms with van der Waals surface area (Å²) in [5, 5.41) is 0. The van der Waals surface area contributed by atoms with Gasteiger partial charge in [0.25, 0.3) is 0 Å². The number of rotatable bonds is 12. The molecule has 2 unspecified atom stereocenters. The molecule has 8 nitrogen and oxygen atoms in total. The van der Waals surface area contributed by atoms with Crippen molar-refractivity contribution in [3.63, 3.8) is 0 Å². The summed E-state index contributed by atoms with van der Waals surface area (Å²) in [6, 6.07) is 25.9. The standard InChI is InChI=1S/C30H28O8P2/c31-39(33-25-14-5-1-6-15-25,34-26-16-7-2-8-17-26)37-29-22-13-23-30(24-29)38-40(32,35-27-18-9-3-10-19-27)36-28-20-11-4-12-21-28/h1-11,13-20,23-24,29H,12,21-22H2. The first-order valence-corrected chi connectivity index (χ1v) is 15.6. The predicted molar refractivity (Wildman–Crippen MR) is 152 cm³/mol. The van der Waals surface area contributed by atoms with Crippen molar-refractivity contribution in [3.05, 3.63) is 139 Å². The van der Waals surface area contributed by atoms with Crippen molar-refractivity contribution >= 4 is 15.6 Å². The van der Waals surface area contributed by atoms with Gasteiger partial charge in [-0.15, -0.1) is 0 Å². The van der Waals surface area contributed by atoms with Gasteiger partial charge in [0.1, 0.15) is 28.8 Å². The summed E-state index contributed by atoms with van der Waals surface area (Å²) in [5.74, 6) is 1.60. The van der Waals surface area contributed by atoms with Gasteiger partial charge in [0, 0.05) is 6.42 Å². The molecule has 0 saturated carbocycles. The molecular formula is C30H28O8P2. The molecule has 0 heterocycles. The molecule has 0 aliphatic heterocycles. The minimum Gasteiger partial charge on any atom is -0.395 e. The van der Waals surface area contributed by atoms with Crippen molar-refractivity contribution < 1.29 is 36.3 Å². The Morgan fingerprint density at radius 2 is 1.18 bits per heavy atom. The van der Waals surface area contributed by atoms with Gasteiger partial charge in [0.05, 0.1) is 6.10 Å². The average Bonchev–Trinajstić information content (AvgIpc) is 2.95.